The molecule has 0 radical (unpaired) electrons. The van der Waals surface area contributed by atoms with E-state index in [1.54, 1.807) is 0 Å². The Kier molecular flexibility index (Phi) is 5.06. The number of piperazine rings is 1. The number of anilines is 2. The van der Waals surface area contributed by atoms with Crippen LogP contribution >= 0.6 is 0 Å². The van der Waals surface area contributed by atoms with Gasteiger partial charge in [-0.2, -0.15) is 0 Å². The number of nitrogens with two attached hydrogens (primary N) is 1. The van der Waals surface area contributed by atoms with Gasteiger partial charge < -0.3 is 15.4 Å². The number of aldehydes is 1. The Labute approximate surface area is 128 Å². The van der Waals surface area contributed by atoms with Gasteiger partial charge in [-0.15, -0.1) is 0 Å². The fourth-order valence-corrected chi connectivity index (χ4v) is 4.50. The Balaban J connectivity index is 1.93. The Bertz CT molecular complexity index is 461. The lowest BCUT2D eigenvalue weighted by molar-refractivity contribution is -0.112. The van der Waals surface area contributed by atoms with Crippen LogP contribution in [0.2, 0.25) is 25.7 Å². The third kappa shape index (κ3) is 4.57. The minimum atomic E-state index is -1.21. The lowest BCUT2D eigenvalue weighted by Gasteiger charge is -2.39. The van der Waals surface area contributed by atoms with E-state index in [2.05, 4.69) is 41.6 Å². The first-order valence-corrected chi connectivity index (χ1v) is 11.4. The normalized spacial score (nSPS) is 18.5. The summed E-state index contributed by atoms with van der Waals surface area (Å²) >= 11 is 0. The molecule has 116 valence electrons. The number of carbonyl (C=O) groups is 1. The number of hydrogen-bond donors (Lipinski definition) is 1. The zero-order valence-corrected chi connectivity index (χ0v) is 14.4. The van der Waals surface area contributed by atoms with Crippen LogP contribution in [0.4, 0.5) is 11.4 Å². The first-order valence-electron chi connectivity index (χ1n) is 7.69. The van der Waals surface area contributed by atoms with Crippen molar-refractivity contribution >= 4 is 25.7 Å². The van der Waals surface area contributed by atoms with Crippen LogP contribution in [-0.2, 0) is 4.79 Å². The summed E-state index contributed by atoms with van der Waals surface area (Å²) in [5, 5.41) is 0. The molecule has 2 N–H and O–H groups in total. The predicted octanol–water partition coefficient (Wildman–Crippen LogP) is 2.30. The summed E-state index contributed by atoms with van der Waals surface area (Å²) in [5.74, 6) is 0. The number of nitrogens with zero attached hydrogens (tertiary/aromatic N) is 2. The molecule has 0 saturated carbocycles. The van der Waals surface area contributed by atoms with Crippen LogP contribution in [0, 0.1) is 0 Å². The average Bonchev–Trinajstić information content (AvgIpc) is 2.45. The van der Waals surface area contributed by atoms with Crippen molar-refractivity contribution in [1.82, 2.24) is 4.90 Å². The van der Waals surface area contributed by atoms with Crippen molar-refractivity contribution in [2.24, 2.45) is 0 Å². The number of rotatable bonds is 5. The number of nitrogen functional groups attached to an aromatic ring is 1. The average molecular weight is 305 g/mol. The maximum atomic E-state index is 11.4. The van der Waals surface area contributed by atoms with E-state index >= 15 is 0 Å². The van der Waals surface area contributed by atoms with Gasteiger partial charge in [-0.05, 0) is 30.3 Å². The van der Waals surface area contributed by atoms with Crippen LogP contribution in [0.25, 0.3) is 0 Å². The van der Waals surface area contributed by atoms with E-state index in [-0.39, 0.29) is 6.04 Å². The molecule has 0 amide bonds. The van der Waals surface area contributed by atoms with Gasteiger partial charge in [0.2, 0.25) is 0 Å². The largest absolute Gasteiger partial charge is 0.399 e. The minimum Gasteiger partial charge on any atom is -0.399 e. The molecule has 0 aromatic heterocycles. The van der Waals surface area contributed by atoms with Gasteiger partial charge in [0.15, 0.2) is 0 Å². The molecule has 1 heterocycles. The topological polar surface area (TPSA) is 49.6 Å². The van der Waals surface area contributed by atoms with Gasteiger partial charge in [0.05, 0.1) is 6.04 Å². The fourth-order valence-electron chi connectivity index (χ4n) is 2.89. The molecule has 1 aliphatic heterocycles. The second-order valence-electron chi connectivity index (χ2n) is 7.08. The molecule has 1 aliphatic rings. The van der Waals surface area contributed by atoms with Crippen molar-refractivity contribution in [3.63, 3.8) is 0 Å². The third-order valence-electron chi connectivity index (χ3n) is 4.02. The van der Waals surface area contributed by atoms with Crippen LogP contribution in [0.5, 0.6) is 0 Å². The first kappa shape index (κ1) is 16.0. The van der Waals surface area contributed by atoms with Gasteiger partial charge in [0.25, 0.3) is 0 Å². The van der Waals surface area contributed by atoms with E-state index in [0.29, 0.717) is 0 Å². The molecule has 21 heavy (non-hydrogen) atoms. The molecule has 1 aromatic rings. The molecule has 0 spiro atoms. The quantitative estimate of drug-likeness (QED) is 0.515. The molecule has 1 aromatic carbocycles. The molecule has 1 saturated heterocycles. The summed E-state index contributed by atoms with van der Waals surface area (Å²) in [6, 6.07) is 9.19. The Hall–Kier alpha value is -1.33. The summed E-state index contributed by atoms with van der Waals surface area (Å²) in [4.78, 5) is 16.1. The highest BCUT2D eigenvalue weighted by Crippen LogP contribution is 2.21. The smallest absolute Gasteiger partial charge is 0.136 e. The van der Waals surface area contributed by atoms with Crippen LogP contribution < -0.4 is 10.6 Å². The third-order valence-corrected chi connectivity index (χ3v) is 5.66. The Morgan fingerprint density at radius 1 is 1.14 bits per heavy atom. The summed E-state index contributed by atoms with van der Waals surface area (Å²) in [6.45, 7) is 10.8. The predicted molar refractivity (Wildman–Crippen MR) is 92.6 cm³/mol. The van der Waals surface area contributed by atoms with Gasteiger partial charge in [-0.1, -0.05) is 19.6 Å². The van der Waals surface area contributed by atoms with Crippen molar-refractivity contribution in [3.05, 3.63) is 24.3 Å². The minimum absolute atomic E-state index is 0.102. The van der Waals surface area contributed by atoms with E-state index in [4.69, 9.17) is 5.73 Å². The highest BCUT2D eigenvalue weighted by Gasteiger charge is 2.27. The Morgan fingerprint density at radius 2 is 1.71 bits per heavy atom. The molecule has 0 aliphatic carbocycles. The maximum Gasteiger partial charge on any atom is 0.136 e. The van der Waals surface area contributed by atoms with Crippen molar-refractivity contribution in [3.8, 4) is 0 Å². The molecule has 2 rings (SSSR count). The Morgan fingerprint density at radius 3 is 2.19 bits per heavy atom. The monoisotopic (exact) mass is 305 g/mol. The van der Waals surface area contributed by atoms with Crippen LogP contribution in [0.15, 0.2) is 24.3 Å². The zero-order chi connectivity index (χ0) is 15.5. The molecule has 1 fully saturated rings. The highest BCUT2D eigenvalue weighted by atomic mass is 28.3. The number of carbonyl (C=O) groups excluding carboxylic acids is 1. The lowest BCUT2D eigenvalue weighted by Crippen LogP contribution is -2.52. The molecule has 0 bridgehead atoms. The molecule has 4 nitrogen and oxygen atoms in total. The second kappa shape index (κ2) is 6.62. The van der Waals surface area contributed by atoms with Crippen molar-refractivity contribution < 1.29 is 4.79 Å². The summed E-state index contributed by atoms with van der Waals surface area (Å²) in [7, 11) is -1.21. The fraction of sp³-hybridized carbons (Fsp3) is 0.562. The maximum absolute atomic E-state index is 11.4. The summed E-state index contributed by atoms with van der Waals surface area (Å²) in [5.41, 5.74) is 7.75. The molecule has 1 atom stereocenters. The van der Waals surface area contributed by atoms with Gasteiger partial charge in [0.1, 0.15) is 6.29 Å². The van der Waals surface area contributed by atoms with E-state index in [1.165, 1.54) is 5.69 Å². The van der Waals surface area contributed by atoms with Gasteiger partial charge in [-0.25, -0.2) is 0 Å². The van der Waals surface area contributed by atoms with E-state index in [0.717, 1.165) is 44.2 Å². The molecular weight excluding hydrogens is 278 g/mol. The van der Waals surface area contributed by atoms with E-state index < -0.39 is 8.07 Å². The van der Waals surface area contributed by atoms with Crippen molar-refractivity contribution in [2.75, 3.05) is 36.8 Å². The highest BCUT2D eigenvalue weighted by molar-refractivity contribution is 6.76. The SMILES string of the molecule is C[Si](C)(C)CC(C=O)N1CCN(c2ccc(N)cc2)CC1. The standard InChI is InChI=1S/C16H27N3OSi/c1-21(2,3)13-16(12-20)19-10-8-18(9-11-19)15-6-4-14(17)5-7-15/h4-7,12,16H,8-11,13,17H2,1-3H3. The van der Waals surface area contributed by atoms with Gasteiger partial charge >= 0.3 is 0 Å². The van der Waals surface area contributed by atoms with Crippen LogP contribution in [0.1, 0.15) is 0 Å². The number of benzene rings is 1. The summed E-state index contributed by atoms with van der Waals surface area (Å²) in [6.07, 6.45) is 1.15. The first-order chi connectivity index (χ1) is 9.89. The van der Waals surface area contributed by atoms with Crippen molar-refractivity contribution in [2.45, 2.75) is 31.7 Å². The number of hydrogen-bond acceptors (Lipinski definition) is 4. The van der Waals surface area contributed by atoms with Crippen molar-refractivity contribution in [1.29, 1.82) is 0 Å². The van der Waals surface area contributed by atoms with E-state index in [1.807, 2.05) is 12.1 Å². The lowest BCUT2D eigenvalue weighted by atomic mass is 10.2. The zero-order valence-electron chi connectivity index (χ0n) is 13.4. The second-order valence-corrected chi connectivity index (χ2v) is 12.6. The van der Waals surface area contributed by atoms with Crippen LogP contribution in [-0.4, -0.2) is 51.5 Å². The van der Waals surface area contributed by atoms with Crippen LogP contribution in [0.3, 0.4) is 0 Å². The van der Waals surface area contributed by atoms with Gasteiger partial charge in [0, 0.05) is 45.6 Å². The molecule has 5 heteroatoms. The van der Waals surface area contributed by atoms with Gasteiger partial charge in [-0.3, -0.25) is 4.90 Å². The summed E-state index contributed by atoms with van der Waals surface area (Å²) < 4.78 is 0. The molecular formula is C16H27N3OSi. The molecule has 1 unspecified atom stereocenters. The van der Waals surface area contributed by atoms with E-state index in [9.17, 15) is 4.79 Å².